The van der Waals surface area contributed by atoms with Crippen LogP contribution in [-0.4, -0.2) is 35.3 Å². The molecule has 0 amide bonds. The number of rotatable bonds is 4. The van der Waals surface area contributed by atoms with Gasteiger partial charge in [-0.15, -0.1) is 0 Å². The first-order valence-corrected chi connectivity index (χ1v) is 8.95. The fraction of sp³-hybridized carbons (Fsp3) is 0.278. The van der Waals surface area contributed by atoms with Gasteiger partial charge < -0.3 is 0 Å². The Morgan fingerprint density at radius 2 is 1.73 bits per heavy atom. The number of carbonyl (C=O) groups excluding carboxylic acids is 1. The second-order valence-electron chi connectivity index (χ2n) is 5.39. The summed E-state index contributed by atoms with van der Waals surface area (Å²) in [5, 5.41) is 0.502. The molecule has 0 radical (unpaired) electrons. The van der Waals surface area contributed by atoms with E-state index < -0.39 is 0 Å². The van der Waals surface area contributed by atoms with Gasteiger partial charge in [-0.2, -0.15) is 11.8 Å². The van der Waals surface area contributed by atoms with Crippen molar-refractivity contribution in [3.05, 3.63) is 70.2 Å². The van der Waals surface area contributed by atoms with Crippen molar-refractivity contribution in [1.82, 2.24) is 4.90 Å². The first-order valence-electron chi connectivity index (χ1n) is 7.42. The van der Waals surface area contributed by atoms with Crippen LogP contribution in [0.1, 0.15) is 21.5 Å². The molecule has 0 saturated carbocycles. The maximum Gasteiger partial charge on any atom is 0.194 e. The average molecular weight is 332 g/mol. The van der Waals surface area contributed by atoms with Crippen molar-refractivity contribution in [2.45, 2.75) is 6.54 Å². The summed E-state index contributed by atoms with van der Waals surface area (Å²) in [6.45, 7) is 3.25. The molecule has 1 aliphatic heterocycles. The third-order valence-electron chi connectivity index (χ3n) is 3.84. The molecular weight excluding hydrogens is 314 g/mol. The number of hydrogen-bond acceptors (Lipinski definition) is 3. The third-order valence-corrected chi connectivity index (χ3v) is 5.12. The molecule has 1 aliphatic rings. The fourth-order valence-electron chi connectivity index (χ4n) is 2.58. The van der Waals surface area contributed by atoms with Gasteiger partial charge in [-0.1, -0.05) is 48.0 Å². The molecule has 0 N–H and O–H groups in total. The van der Waals surface area contributed by atoms with Crippen molar-refractivity contribution in [3.8, 4) is 0 Å². The number of ketones is 1. The van der Waals surface area contributed by atoms with Crippen molar-refractivity contribution in [2.24, 2.45) is 0 Å². The predicted octanol–water partition coefficient (Wildman–Crippen LogP) is 4.12. The molecule has 22 heavy (non-hydrogen) atoms. The topological polar surface area (TPSA) is 20.3 Å². The van der Waals surface area contributed by atoms with E-state index in [-0.39, 0.29) is 5.78 Å². The third kappa shape index (κ3) is 3.72. The van der Waals surface area contributed by atoms with Crippen LogP contribution in [0.5, 0.6) is 0 Å². The highest BCUT2D eigenvalue weighted by Gasteiger charge is 2.13. The molecule has 0 bridgehead atoms. The Morgan fingerprint density at radius 1 is 1.05 bits per heavy atom. The normalized spacial score (nSPS) is 15.7. The van der Waals surface area contributed by atoms with Crippen molar-refractivity contribution in [3.63, 3.8) is 0 Å². The zero-order valence-corrected chi connectivity index (χ0v) is 13.9. The molecule has 0 aliphatic carbocycles. The molecule has 2 nitrogen and oxygen atoms in total. The van der Waals surface area contributed by atoms with Gasteiger partial charge in [-0.3, -0.25) is 9.69 Å². The van der Waals surface area contributed by atoms with E-state index >= 15 is 0 Å². The van der Waals surface area contributed by atoms with Gasteiger partial charge in [0.2, 0.25) is 0 Å². The quantitative estimate of drug-likeness (QED) is 0.786. The van der Waals surface area contributed by atoms with Crippen LogP contribution >= 0.6 is 23.4 Å². The largest absolute Gasteiger partial charge is 0.297 e. The Hall–Kier alpha value is -1.29. The number of benzene rings is 2. The van der Waals surface area contributed by atoms with Crippen LogP contribution in [0.15, 0.2) is 48.5 Å². The molecule has 0 atom stereocenters. The molecule has 1 heterocycles. The zero-order chi connectivity index (χ0) is 15.4. The minimum Gasteiger partial charge on any atom is -0.297 e. The summed E-state index contributed by atoms with van der Waals surface area (Å²) in [7, 11) is 0. The number of nitrogens with zero attached hydrogens (tertiary/aromatic N) is 1. The van der Waals surface area contributed by atoms with Gasteiger partial charge in [0, 0.05) is 42.3 Å². The summed E-state index contributed by atoms with van der Waals surface area (Å²) in [5.41, 5.74) is 2.50. The van der Waals surface area contributed by atoms with Gasteiger partial charge in [0.25, 0.3) is 0 Å². The minimum absolute atomic E-state index is 0.0217. The summed E-state index contributed by atoms with van der Waals surface area (Å²) in [4.78, 5) is 14.9. The Morgan fingerprint density at radius 3 is 2.41 bits per heavy atom. The summed E-state index contributed by atoms with van der Waals surface area (Å²) in [6.07, 6.45) is 0. The molecule has 0 aromatic heterocycles. The summed E-state index contributed by atoms with van der Waals surface area (Å²) >= 11 is 8.12. The van der Waals surface area contributed by atoms with Gasteiger partial charge >= 0.3 is 0 Å². The molecule has 0 unspecified atom stereocenters. The van der Waals surface area contributed by atoms with Crippen LogP contribution in [0, 0.1) is 0 Å². The van der Waals surface area contributed by atoms with E-state index in [4.69, 9.17) is 11.6 Å². The highest BCUT2D eigenvalue weighted by Crippen LogP contribution is 2.20. The van der Waals surface area contributed by atoms with Crippen molar-refractivity contribution >= 4 is 29.1 Å². The maximum atomic E-state index is 12.5. The smallest absolute Gasteiger partial charge is 0.194 e. The van der Waals surface area contributed by atoms with E-state index in [1.165, 1.54) is 17.1 Å². The number of carbonyl (C=O) groups is 1. The van der Waals surface area contributed by atoms with Crippen LogP contribution < -0.4 is 0 Å². The Balaban J connectivity index is 1.71. The van der Waals surface area contributed by atoms with Crippen LogP contribution in [-0.2, 0) is 6.54 Å². The first-order chi connectivity index (χ1) is 10.7. The highest BCUT2D eigenvalue weighted by molar-refractivity contribution is 7.99. The van der Waals surface area contributed by atoms with Crippen LogP contribution in [0.25, 0.3) is 0 Å². The van der Waals surface area contributed by atoms with Crippen LogP contribution in [0.2, 0.25) is 5.02 Å². The fourth-order valence-corrected chi connectivity index (χ4v) is 3.78. The SMILES string of the molecule is O=C(c1ccc(CN2CCSCC2)cc1)c1ccccc1Cl. The lowest BCUT2D eigenvalue weighted by Gasteiger charge is -2.26. The van der Waals surface area contributed by atoms with Crippen molar-refractivity contribution < 1.29 is 4.79 Å². The summed E-state index contributed by atoms with van der Waals surface area (Å²) in [5.74, 6) is 2.40. The van der Waals surface area contributed by atoms with E-state index in [9.17, 15) is 4.79 Å². The molecule has 114 valence electrons. The Bertz CT molecular complexity index is 650. The van der Waals surface area contributed by atoms with E-state index in [1.807, 2.05) is 48.2 Å². The Labute approximate surface area is 140 Å². The highest BCUT2D eigenvalue weighted by atomic mass is 35.5. The minimum atomic E-state index is -0.0217. The lowest BCUT2D eigenvalue weighted by molar-refractivity contribution is 0.103. The predicted molar refractivity (Wildman–Crippen MR) is 93.9 cm³/mol. The molecule has 2 aromatic rings. The summed E-state index contributed by atoms with van der Waals surface area (Å²) < 4.78 is 0. The average Bonchev–Trinajstić information content (AvgIpc) is 2.56. The molecule has 3 rings (SSSR count). The van der Waals surface area contributed by atoms with Gasteiger partial charge in [0.15, 0.2) is 5.78 Å². The number of thioether (sulfide) groups is 1. The van der Waals surface area contributed by atoms with E-state index in [2.05, 4.69) is 4.90 Å². The van der Waals surface area contributed by atoms with Crippen molar-refractivity contribution in [2.75, 3.05) is 24.6 Å². The second-order valence-corrected chi connectivity index (χ2v) is 7.03. The lowest BCUT2D eigenvalue weighted by Crippen LogP contribution is -2.31. The number of halogens is 1. The second kappa shape index (κ2) is 7.32. The van der Waals surface area contributed by atoms with E-state index in [0.29, 0.717) is 16.1 Å². The van der Waals surface area contributed by atoms with Gasteiger partial charge in [0.1, 0.15) is 0 Å². The molecule has 1 fully saturated rings. The van der Waals surface area contributed by atoms with E-state index in [0.717, 1.165) is 19.6 Å². The lowest BCUT2D eigenvalue weighted by atomic mass is 10.0. The molecular formula is C18H18ClNOS. The molecule has 0 spiro atoms. The maximum absolute atomic E-state index is 12.5. The Kier molecular flexibility index (Phi) is 5.19. The van der Waals surface area contributed by atoms with Gasteiger partial charge in [-0.05, 0) is 17.7 Å². The van der Waals surface area contributed by atoms with Gasteiger partial charge in [0.05, 0.1) is 5.02 Å². The van der Waals surface area contributed by atoms with Crippen LogP contribution in [0.3, 0.4) is 0 Å². The summed E-state index contributed by atoms with van der Waals surface area (Å²) in [6, 6.07) is 15.1. The monoisotopic (exact) mass is 331 g/mol. The zero-order valence-electron chi connectivity index (χ0n) is 12.3. The first kappa shape index (κ1) is 15.6. The standard InChI is InChI=1S/C18H18ClNOS/c19-17-4-2-1-3-16(17)18(21)15-7-5-14(6-8-15)13-20-9-11-22-12-10-20/h1-8H,9-13H2. The van der Waals surface area contributed by atoms with Crippen molar-refractivity contribution in [1.29, 1.82) is 0 Å². The molecule has 2 aromatic carbocycles. The van der Waals surface area contributed by atoms with Crippen LogP contribution in [0.4, 0.5) is 0 Å². The van der Waals surface area contributed by atoms with Gasteiger partial charge in [-0.25, -0.2) is 0 Å². The number of hydrogen-bond donors (Lipinski definition) is 0. The molecule has 1 saturated heterocycles. The van der Waals surface area contributed by atoms with E-state index in [1.54, 1.807) is 12.1 Å². The molecule has 4 heteroatoms.